The van der Waals surface area contributed by atoms with Gasteiger partial charge in [-0.15, -0.1) is 0 Å². The summed E-state index contributed by atoms with van der Waals surface area (Å²) in [7, 11) is 0. The van der Waals surface area contributed by atoms with Gasteiger partial charge in [0.1, 0.15) is 0 Å². The second-order valence-corrected chi connectivity index (χ2v) is 5.58. The van der Waals surface area contributed by atoms with Gasteiger partial charge in [0, 0.05) is 26.2 Å². The average molecular weight is 276 g/mol. The van der Waals surface area contributed by atoms with Crippen molar-refractivity contribution in [2.45, 2.75) is 13.1 Å². The van der Waals surface area contributed by atoms with Gasteiger partial charge in [-0.2, -0.15) is 0 Å². The molecule has 0 atom stereocenters. The van der Waals surface area contributed by atoms with E-state index in [1.165, 1.54) is 11.1 Å². The summed E-state index contributed by atoms with van der Waals surface area (Å²) in [4.78, 5) is 5.09. The molecule has 0 saturated carbocycles. The van der Waals surface area contributed by atoms with E-state index in [9.17, 15) is 0 Å². The number of aryl methyl sites for hydroxylation is 1. The van der Waals surface area contributed by atoms with Crippen molar-refractivity contribution in [3.05, 3.63) is 35.4 Å². The summed E-state index contributed by atoms with van der Waals surface area (Å²) in [6.45, 7) is 9.57. The van der Waals surface area contributed by atoms with Gasteiger partial charge in [0.05, 0.1) is 32.6 Å². The number of morpholine rings is 2. The van der Waals surface area contributed by atoms with E-state index in [-0.39, 0.29) is 0 Å². The van der Waals surface area contributed by atoms with Gasteiger partial charge in [-0.25, -0.2) is 0 Å². The van der Waals surface area contributed by atoms with E-state index in [4.69, 9.17) is 9.47 Å². The van der Waals surface area contributed by atoms with Crippen LogP contribution in [0.15, 0.2) is 24.3 Å². The smallest absolute Gasteiger partial charge is 0.0889 e. The zero-order chi connectivity index (χ0) is 13.8. The molecule has 1 aromatic rings. The summed E-state index contributed by atoms with van der Waals surface area (Å²) in [5.74, 6) is 0. The summed E-state index contributed by atoms with van der Waals surface area (Å²) in [5, 5.41) is 0. The van der Waals surface area contributed by atoms with Crippen molar-refractivity contribution < 1.29 is 9.47 Å². The van der Waals surface area contributed by atoms with Crippen molar-refractivity contribution in [3.63, 3.8) is 0 Å². The molecule has 1 aromatic carbocycles. The Kier molecular flexibility index (Phi) is 4.68. The highest BCUT2D eigenvalue weighted by Gasteiger charge is 2.29. The number of rotatable bonds is 3. The Bertz CT molecular complexity index is 408. The Morgan fingerprint density at radius 3 is 1.95 bits per heavy atom. The van der Waals surface area contributed by atoms with Crippen LogP contribution in [0.2, 0.25) is 0 Å². The van der Waals surface area contributed by atoms with Crippen LogP contribution >= 0.6 is 0 Å². The van der Waals surface area contributed by atoms with Crippen LogP contribution < -0.4 is 0 Å². The van der Waals surface area contributed by atoms with Gasteiger partial charge in [-0.3, -0.25) is 9.80 Å². The molecule has 20 heavy (non-hydrogen) atoms. The van der Waals surface area contributed by atoms with E-state index in [2.05, 4.69) is 41.0 Å². The van der Waals surface area contributed by atoms with E-state index in [0.717, 1.165) is 52.6 Å². The first-order valence-electron chi connectivity index (χ1n) is 7.55. The van der Waals surface area contributed by atoms with E-state index in [1.54, 1.807) is 0 Å². The van der Waals surface area contributed by atoms with Crippen LogP contribution in [0.3, 0.4) is 0 Å². The highest BCUT2D eigenvalue weighted by Crippen LogP contribution is 2.27. The van der Waals surface area contributed by atoms with E-state index >= 15 is 0 Å². The van der Waals surface area contributed by atoms with Gasteiger partial charge in [0.2, 0.25) is 0 Å². The van der Waals surface area contributed by atoms with Crippen LogP contribution in [0.1, 0.15) is 17.3 Å². The molecule has 0 spiro atoms. The van der Waals surface area contributed by atoms with Gasteiger partial charge in [0.25, 0.3) is 0 Å². The second-order valence-electron chi connectivity index (χ2n) is 5.58. The lowest BCUT2D eigenvalue weighted by Crippen LogP contribution is -2.50. The molecule has 0 radical (unpaired) electrons. The fourth-order valence-corrected chi connectivity index (χ4v) is 3.13. The average Bonchev–Trinajstić information content (AvgIpc) is 2.50. The van der Waals surface area contributed by atoms with Crippen molar-refractivity contribution in [2.24, 2.45) is 0 Å². The lowest BCUT2D eigenvalue weighted by atomic mass is 10.1. The lowest BCUT2D eigenvalue weighted by molar-refractivity contribution is -0.0676. The number of nitrogens with zero attached hydrogens (tertiary/aromatic N) is 2. The van der Waals surface area contributed by atoms with Crippen LogP contribution in [-0.2, 0) is 9.47 Å². The maximum absolute atomic E-state index is 5.51. The first-order valence-corrected chi connectivity index (χ1v) is 7.55. The Balaban J connectivity index is 1.85. The summed E-state index contributed by atoms with van der Waals surface area (Å²) < 4.78 is 11.0. The molecule has 4 nitrogen and oxygen atoms in total. The largest absolute Gasteiger partial charge is 0.379 e. The molecule has 4 heteroatoms. The molecule has 0 aromatic heterocycles. The number of hydrogen-bond donors (Lipinski definition) is 0. The van der Waals surface area contributed by atoms with Gasteiger partial charge in [0.15, 0.2) is 0 Å². The van der Waals surface area contributed by atoms with Crippen LogP contribution in [-0.4, -0.2) is 62.4 Å². The molecule has 0 bridgehead atoms. The fourth-order valence-electron chi connectivity index (χ4n) is 3.13. The predicted molar refractivity (Wildman–Crippen MR) is 78.7 cm³/mol. The van der Waals surface area contributed by atoms with Gasteiger partial charge in [-0.1, -0.05) is 29.8 Å². The van der Waals surface area contributed by atoms with E-state index in [0.29, 0.717) is 6.17 Å². The molecule has 110 valence electrons. The zero-order valence-electron chi connectivity index (χ0n) is 12.3. The molecule has 0 amide bonds. The summed E-state index contributed by atoms with van der Waals surface area (Å²) >= 11 is 0. The van der Waals surface area contributed by atoms with Crippen molar-refractivity contribution >= 4 is 0 Å². The number of ether oxygens (including phenoxy) is 2. The topological polar surface area (TPSA) is 24.9 Å². The first kappa shape index (κ1) is 14.0. The fraction of sp³-hybridized carbons (Fsp3) is 0.625. The van der Waals surface area contributed by atoms with Gasteiger partial charge < -0.3 is 9.47 Å². The third-order valence-corrected chi connectivity index (χ3v) is 4.12. The summed E-state index contributed by atoms with van der Waals surface area (Å²) in [6.07, 6.45) is 0.364. The molecule has 2 saturated heterocycles. The van der Waals surface area contributed by atoms with Crippen molar-refractivity contribution in [1.29, 1.82) is 0 Å². The normalized spacial score (nSPS) is 22.3. The van der Waals surface area contributed by atoms with Crippen molar-refractivity contribution in [3.8, 4) is 0 Å². The van der Waals surface area contributed by atoms with E-state index < -0.39 is 0 Å². The minimum atomic E-state index is 0.364. The van der Waals surface area contributed by atoms with E-state index in [1.807, 2.05) is 0 Å². The van der Waals surface area contributed by atoms with Gasteiger partial charge >= 0.3 is 0 Å². The van der Waals surface area contributed by atoms with Crippen LogP contribution in [0, 0.1) is 6.92 Å². The minimum Gasteiger partial charge on any atom is -0.379 e. The first-order chi connectivity index (χ1) is 9.84. The Morgan fingerprint density at radius 2 is 1.45 bits per heavy atom. The molecular weight excluding hydrogens is 252 g/mol. The van der Waals surface area contributed by atoms with Crippen molar-refractivity contribution in [1.82, 2.24) is 9.80 Å². The summed E-state index contributed by atoms with van der Waals surface area (Å²) in [6, 6.07) is 8.90. The van der Waals surface area contributed by atoms with Crippen LogP contribution in [0.4, 0.5) is 0 Å². The van der Waals surface area contributed by atoms with Crippen LogP contribution in [0.5, 0.6) is 0 Å². The maximum Gasteiger partial charge on any atom is 0.0889 e. The van der Waals surface area contributed by atoms with Crippen LogP contribution in [0.25, 0.3) is 0 Å². The second kappa shape index (κ2) is 6.68. The maximum atomic E-state index is 5.51. The SMILES string of the molecule is Cc1cccc(C(N2CCOCC2)N2CCOCC2)c1. The number of benzene rings is 1. The molecule has 3 rings (SSSR count). The predicted octanol–water partition coefficient (Wildman–Crippen LogP) is 1.66. The molecule has 2 heterocycles. The standard InChI is InChI=1S/C16H24N2O2/c1-14-3-2-4-15(13-14)16(17-5-9-19-10-6-17)18-7-11-20-12-8-18/h2-4,13,16H,5-12H2,1H3. The molecule has 2 aliphatic rings. The lowest BCUT2D eigenvalue weighted by Gasteiger charge is -2.43. The zero-order valence-corrected chi connectivity index (χ0v) is 12.3. The highest BCUT2D eigenvalue weighted by atomic mass is 16.5. The Morgan fingerprint density at radius 1 is 0.900 bits per heavy atom. The Hall–Kier alpha value is -0.940. The third kappa shape index (κ3) is 3.20. The molecule has 2 fully saturated rings. The molecule has 0 aliphatic carbocycles. The van der Waals surface area contributed by atoms with Gasteiger partial charge in [-0.05, 0) is 12.5 Å². The minimum absolute atomic E-state index is 0.364. The molecule has 2 aliphatic heterocycles. The molecular formula is C16H24N2O2. The third-order valence-electron chi connectivity index (χ3n) is 4.12. The highest BCUT2D eigenvalue weighted by molar-refractivity contribution is 5.25. The molecule has 0 unspecified atom stereocenters. The quantitative estimate of drug-likeness (QED) is 0.838. The number of hydrogen-bond acceptors (Lipinski definition) is 4. The van der Waals surface area contributed by atoms with Crippen molar-refractivity contribution in [2.75, 3.05) is 52.6 Å². The summed E-state index contributed by atoms with van der Waals surface area (Å²) in [5.41, 5.74) is 2.72. The monoisotopic (exact) mass is 276 g/mol. The molecule has 0 N–H and O–H groups in total. The Labute approximate surface area is 121 Å².